The Kier molecular flexibility index (Phi) is 7.93. The lowest BCUT2D eigenvalue weighted by molar-refractivity contribution is -0.384. The number of hydrogen-bond donors (Lipinski definition) is 3. The van der Waals surface area contributed by atoms with Crippen LogP contribution in [0.2, 0.25) is 5.02 Å². The summed E-state index contributed by atoms with van der Waals surface area (Å²) in [6.07, 6.45) is -1.14. The van der Waals surface area contributed by atoms with Gasteiger partial charge < -0.3 is 20.5 Å². The van der Waals surface area contributed by atoms with E-state index in [4.69, 9.17) is 21.4 Å². The molecule has 0 aliphatic heterocycles. The molecular formula is C19H20ClN3O6. The van der Waals surface area contributed by atoms with Crippen molar-refractivity contribution in [1.82, 2.24) is 5.32 Å². The first-order valence-corrected chi connectivity index (χ1v) is 9.06. The summed E-state index contributed by atoms with van der Waals surface area (Å²) < 4.78 is 5.16. The molecule has 0 bridgehead atoms. The SMILES string of the molecule is CC(OC(=O)c1cc([N+](=O)[O-])ccc1NCCO)C(=O)NCc1ccccc1Cl. The predicted octanol–water partition coefficient (Wildman–Crippen LogP) is 2.51. The van der Waals surface area contributed by atoms with Gasteiger partial charge in [0.25, 0.3) is 11.6 Å². The first-order chi connectivity index (χ1) is 13.8. The Bertz CT molecular complexity index is 905. The van der Waals surface area contributed by atoms with Crippen LogP contribution in [0.25, 0.3) is 0 Å². The molecule has 1 amide bonds. The predicted molar refractivity (Wildman–Crippen MR) is 107 cm³/mol. The Hall–Kier alpha value is -3.17. The van der Waals surface area contributed by atoms with E-state index in [-0.39, 0.29) is 36.6 Å². The van der Waals surface area contributed by atoms with Gasteiger partial charge in [-0.25, -0.2) is 4.79 Å². The molecule has 0 aliphatic rings. The standard InChI is InChI=1S/C19H20ClN3O6/c1-12(18(25)22-11-13-4-2-3-5-16(13)20)29-19(26)15-10-14(23(27)28)6-7-17(15)21-8-9-24/h2-7,10,12,21,24H,8-9,11H2,1H3,(H,22,25). The molecule has 2 rings (SSSR count). The minimum Gasteiger partial charge on any atom is -0.449 e. The van der Waals surface area contributed by atoms with Gasteiger partial charge in [0.05, 0.1) is 17.1 Å². The fourth-order valence-corrected chi connectivity index (χ4v) is 2.61. The molecule has 0 saturated heterocycles. The molecule has 1 unspecified atom stereocenters. The van der Waals surface area contributed by atoms with Crippen molar-refractivity contribution in [2.45, 2.75) is 19.6 Å². The summed E-state index contributed by atoms with van der Waals surface area (Å²) in [6, 6.07) is 10.6. The summed E-state index contributed by atoms with van der Waals surface area (Å²) in [5, 5.41) is 25.8. The van der Waals surface area contributed by atoms with Crippen molar-refractivity contribution in [1.29, 1.82) is 0 Å². The fraction of sp³-hybridized carbons (Fsp3) is 0.263. The number of carbonyl (C=O) groups is 2. The van der Waals surface area contributed by atoms with Crippen molar-refractivity contribution < 1.29 is 24.4 Å². The van der Waals surface area contributed by atoms with Crippen LogP contribution >= 0.6 is 11.6 Å². The zero-order valence-electron chi connectivity index (χ0n) is 15.6. The molecule has 2 aromatic rings. The topological polar surface area (TPSA) is 131 Å². The van der Waals surface area contributed by atoms with Crippen molar-refractivity contribution in [3.05, 3.63) is 68.7 Å². The zero-order valence-corrected chi connectivity index (χ0v) is 16.3. The van der Waals surface area contributed by atoms with Crippen molar-refractivity contribution in [2.24, 2.45) is 0 Å². The van der Waals surface area contributed by atoms with Crippen LogP contribution in [-0.2, 0) is 16.1 Å². The third-order valence-corrected chi connectivity index (χ3v) is 4.29. The number of nitro benzene ring substituents is 1. The van der Waals surface area contributed by atoms with Gasteiger partial charge in [0.1, 0.15) is 0 Å². The monoisotopic (exact) mass is 421 g/mol. The van der Waals surface area contributed by atoms with E-state index in [1.807, 2.05) is 0 Å². The average molecular weight is 422 g/mol. The molecule has 1 atom stereocenters. The van der Waals surface area contributed by atoms with E-state index in [1.165, 1.54) is 19.1 Å². The van der Waals surface area contributed by atoms with E-state index in [0.717, 1.165) is 6.07 Å². The number of rotatable bonds is 9. The van der Waals surface area contributed by atoms with Crippen molar-refractivity contribution in [3.8, 4) is 0 Å². The maximum Gasteiger partial charge on any atom is 0.341 e. The van der Waals surface area contributed by atoms with Gasteiger partial charge in [0, 0.05) is 35.9 Å². The van der Waals surface area contributed by atoms with Crippen molar-refractivity contribution in [3.63, 3.8) is 0 Å². The number of hydrogen-bond acceptors (Lipinski definition) is 7. The number of aliphatic hydroxyl groups excluding tert-OH is 1. The second-order valence-corrected chi connectivity index (χ2v) is 6.40. The second-order valence-electron chi connectivity index (χ2n) is 5.99. The summed E-state index contributed by atoms with van der Waals surface area (Å²) in [6.45, 7) is 1.47. The number of ether oxygens (including phenoxy) is 1. The average Bonchev–Trinajstić information content (AvgIpc) is 2.71. The number of amides is 1. The maximum absolute atomic E-state index is 12.5. The number of non-ortho nitro benzene ring substituents is 1. The minimum atomic E-state index is -1.14. The highest BCUT2D eigenvalue weighted by molar-refractivity contribution is 6.31. The number of anilines is 1. The van der Waals surface area contributed by atoms with Gasteiger partial charge in [-0.3, -0.25) is 14.9 Å². The lowest BCUT2D eigenvalue weighted by atomic mass is 10.1. The van der Waals surface area contributed by atoms with Gasteiger partial charge in [-0.05, 0) is 24.6 Å². The Balaban J connectivity index is 2.07. The molecule has 3 N–H and O–H groups in total. The van der Waals surface area contributed by atoms with Crippen molar-refractivity contribution >= 4 is 34.9 Å². The summed E-state index contributed by atoms with van der Waals surface area (Å²) >= 11 is 6.03. The number of aliphatic hydroxyl groups is 1. The molecule has 0 aliphatic carbocycles. The molecule has 10 heteroatoms. The van der Waals surface area contributed by atoms with Crippen LogP contribution in [0.3, 0.4) is 0 Å². The van der Waals surface area contributed by atoms with Crippen LogP contribution in [0.15, 0.2) is 42.5 Å². The number of nitrogens with one attached hydrogen (secondary N) is 2. The Morgan fingerprint density at radius 3 is 2.66 bits per heavy atom. The summed E-state index contributed by atoms with van der Waals surface area (Å²) in [4.78, 5) is 35.1. The van der Waals surface area contributed by atoms with Crippen LogP contribution < -0.4 is 10.6 Å². The third kappa shape index (κ3) is 6.16. The van der Waals surface area contributed by atoms with E-state index >= 15 is 0 Å². The second kappa shape index (κ2) is 10.4. The largest absolute Gasteiger partial charge is 0.449 e. The molecule has 9 nitrogen and oxygen atoms in total. The van der Waals surface area contributed by atoms with E-state index in [9.17, 15) is 19.7 Å². The number of nitro groups is 1. The lowest BCUT2D eigenvalue weighted by Gasteiger charge is -2.16. The van der Waals surface area contributed by atoms with Gasteiger partial charge in [0.2, 0.25) is 0 Å². The van der Waals surface area contributed by atoms with Crippen LogP contribution in [-0.4, -0.2) is 41.2 Å². The first kappa shape index (κ1) is 22.1. The number of carbonyl (C=O) groups excluding carboxylic acids is 2. The number of esters is 1. The fourth-order valence-electron chi connectivity index (χ4n) is 2.40. The lowest BCUT2D eigenvalue weighted by Crippen LogP contribution is -2.35. The Labute approximate surface area is 171 Å². The quantitative estimate of drug-likeness (QED) is 0.322. The molecule has 0 radical (unpaired) electrons. The minimum absolute atomic E-state index is 0.113. The van der Waals surface area contributed by atoms with Crippen LogP contribution in [0.5, 0.6) is 0 Å². The zero-order chi connectivity index (χ0) is 21.4. The highest BCUT2D eigenvalue weighted by Crippen LogP contribution is 2.23. The van der Waals surface area contributed by atoms with E-state index in [0.29, 0.717) is 10.6 Å². The van der Waals surface area contributed by atoms with Crippen LogP contribution in [0.1, 0.15) is 22.8 Å². The molecule has 29 heavy (non-hydrogen) atoms. The number of benzene rings is 2. The summed E-state index contributed by atoms with van der Waals surface area (Å²) in [7, 11) is 0. The van der Waals surface area contributed by atoms with Gasteiger partial charge in [0.15, 0.2) is 6.10 Å². The summed E-state index contributed by atoms with van der Waals surface area (Å²) in [5.41, 5.74) is 0.536. The number of nitrogens with zero attached hydrogens (tertiary/aromatic N) is 1. The van der Waals surface area contributed by atoms with Gasteiger partial charge in [-0.15, -0.1) is 0 Å². The molecule has 0 aromatic heterocycles. The third-order valence-electron chi connectivity index (χ3n) is 3.93. The molecular weight excluding hydrogens is 402 g/mol. The Morgan fingerprint density at radius 1 is 1.28 bits per heavy atom. The number of halogens is 1. The molecule has 0 fully saturated rings. The maximum atomic E-state index is 12.5. The van der Waals surface area contributed by atoms with Crippen LogP contribution in [0, 0.1) is 10.1 Å². The Morgan fingerprint density at radius 2 is 2.00 bits per heavy atom. The van der Waals surface area contributed by atoms with E-state index in [1.54, 1.807) is 24.3 Å². The highest BCUT2D eigenvalue weighted by Gasteiger charge is 2.23. The molecule has 0 heterocycles. The van der Waals surface area contributed by atoms with E-state index in [2.05, 4.69) is 10.6 Å². The molecule has 0 spiro atoms. The molecule has 2 aromatic carbocycles. The van der Waals surface area contributed by atoms with Crippen molar-refractivity contribution in [2.75, 3.05) is 18.5 Å². The van der Waals surface area contributed by atoms with E-state index < -0.39 is 22.9 Å². The molecule has 154 valence electrons. The van der Waals surface area contributed by atoms with Gasteiger partial charge in [-0.1, -0.05) is 29.8 Å². The summed E-state index contributed by atoms with van der Waals surface area (Å²) in [5.74, 6) is -1.46. The smallest absolute Gasteiger partial charge is 0.341 e. The molecule has 0 saturated carbocycles. The first-order valence-electron chi connectivity index (χ1n) is 8.68. The van der Waals surface area contributed by atoms with Gasteiger partial charge >= 0.3 is 5.97 Å². The van der Waals surface area contributed by atoms with Gasteiger partial charge in [-0.2, -0.15) is 0 Å². The van der Waals surface area contributed by atoms with Crippen LogP contribution in [0.4, 0.5) is 11.4 Å². The highest BCUT2D eigenvalue weighted by atomic mass is 35.5. The normalized spacial score (nSPS) is 11.4.